The smallest absolute Gasteiger partial charge is 0.246 e. The van der Waals surface area contributed by atoms with Gasteiger partial charge in [-0.3, -0.25) is 4.79 Å². The average Bonchev–Trinajstić information content (AvgIpc) is 2.91. The molecule has 0 spiro atoms. The van der Waals surface area contributed by atoms with Gasteiger partial charge in [0.05, 0.1) is 35.5 Å². The molecule has 11 nitrogen and oxygen atoms in total. The first-order chi connectivity index (χ1) is 17.3. The van der Waals surface area contributed by atoms with Crippen molar-refractivity contribution in [2.45, 2.75) is 4.90 Å². The maximum absolute atomic E-state index is 13.4. The Bertz CT molecular complexity index is 1440. The van der Waals surface area contributed by atoms with Crippen molar-refractivity contribution in [3.8, 4) is 40.1 Å². The number of benzene rings is 2. The van der Waals surface area contributed by atoms with Crippen LogP contribution in [0.4, 0.5) is 0 Å². The summed E-state index contributed by atoms with van der Waals surface area (Å²) < 4.78 is 61.6. The molecule has 1 aliphatic rings. The minimum Gasteiger partial charge on any atom is -0.495 e. The summed E-state index contributed by atoms with van der Waals surface area (Å²) in [6.45, 7) is 1.76. The molecule has 36 heavy (non-hydrogen) atoms. The van der Waals surface area contributed by atoms with Gasteiger partial charge in [-0.05, 0) is 18.2 Å². The zero-order valence-corrected chi connectivity index (χ0v) is 21.5. The van der Waals surface area contributed by atoms with Gasteiger partial charge in [-0.1, -0.05) is 0 Å². The van der Waals surface area contributed by atoms with E-state index >= 15 is 0 Å². The third kappa shape index (κ3) is 4.21. The van der Waals surface area contributed by atoms with Crippen LogP contribution in [-0.4, -0.2) is 74.5 Å². The third-order valence-corrected chi connectivity index (χ3v) is 7.88. The maximum Gasteiger partial charge on any atom is 0.246 e. The predicted octanol–water partition coefficient (Wildman–Crippen LogP) is 2.10. The lowest BCUT2D eigenvalue weighted by atomic mass is 10.1. The van der Waals surface area contributed by atoms with Gasteiger partial charge in [0.25, 0.3) is 0 Å². The van der Waals surface area contributed by atoms with Gasteiger partial charge in [-0.2, -0.15) is 4.31 Å². The number of nitrogens with one attached hydrogen (secondary N) is 1. The van der Waals surface area contributed by atoms with Crippen molar-refractivity contribution in [1.29, 1.82) is 0 Å². The van der Waals surface area contributed by atoms with Crippen LogP contribution in [0.2, 0.25) is 0 Å². The third-order valence-electron chi connectivity index (χ3n) is 5.96. The first kappa shape index (κ1) is 25.6. The van der Waals surface area contributed by atoms with Gasteiger partial charge in [0.2, 0.25) is 27.3 Å². The molecule has 1 saturated heterocycles. The van der Waals surface area contributed by atoms with Crippen LogP contribution in [0.15, 0.2) is 38.4 Å². The molecule has 0 amide bonds. The van der Waals surface area contributed by atoms with Crippen LogP contribution in [0.25, 0.3) is 22.3 Å². The molecule has 2 aromatic carbocycles. The second-order valence-electron chi connectivity index (χ2n) is 7.83. The predicted molar refractivity (Wildman–Crippen MR) is 132 cm³/mol. The highest BCUT2D eigenvalue weighted by molar-refractivity contribution is 7.89. The minimum absolute atomic E-state index is 0.0241. The summed E-state index contributed by atoms with van der Waals surface area (Å²) in [6, 6.07) is 5.84. The Hall–Kier alpha value is -3.48. The Morgan fingerprint density at radius 3 is 2.03 bits per heavy atom. The monoisotopic (exact) mass is 520 g/mol. The van der Waals surface area contributed by atoms with E-state index in [1.807, 2.05) is 0 Å². The second-order valence-corrected chi connectivity index (χ2v) is 9.74. The Kier molecular flexibility index (Phi) is 7.29. The number of rotatable bonds is 8. The Morgan fingerprint density at radius 2 is 1.44 bits per heavy atom. The van der Waals surface area contributed by atoms with Gasteiger partial charge in [0.15, 0.2) is 16.8 Å². The molecule has 0 radical (unpaired) electrons. The average molecular weight is 521 g/mol. The molecule has 3 aromatic rings. The van der Waals surface area contributed by atoms with Gasteiger partial charge in [-0.25, -0.2) is 8.42 Å². The van der Waals surface area contributed by atoms with Crippen molar-refractivity contribution < 1.29 is 36.5 Å². The molecule has 4 rings (SSSR count). The largest absolute Gasteiger partial charge is 0.495 e. The summed E-state index contributed by atoms with van der Waals surface area (Å²) in [6.07, 6.45) is 0. The molecule has 12 heteroatoms. The van der Waals surface area contributed by atoms with E-state index < -0.39 is 15.5 Å². The zero-order chi connectivity index (χ0) is 26.0. The molecule has 0 unspecified atom stereocenters. The lowest BCUT2D eigenvalue weighted by Crippen LogP contribution is -2.46. The standard InChI is InChI=1S/C24H28N2O9S/c1-30-16-7-6-14(12-18(16)36(28,29)26-10-8-25-9-11-26)17-13-15(27)19-20(31-2)22(32-3)24(34-5)23(33-4)21(19)35-17/h6-7,12-13,25H,8-11H2,1-5H3. The highest BCUT2D eigenvalue weighted by atomic mass is 32.2. The van der Waals surface area contributed by atoms with E-state index in [1.54, 1.807) is 6.07 Å². The topological polar surface area (TPSA) is 126 Å². The molecular weight excluding hydrogens is 492 g/mol. The number of piperazine rings is 1. The van der Waals surface area contributed by atoms with E-state index in [0.717, 1.165) is 0 Å². The van der Waals surface area contributed by atoms with E-state index in [2.05, 4.69) is 5.32 Å². The fourth-order valence-corrected chi connectivity index (χ4v) is 5.86. The van der Waals surface area contributed by atoms with Crippen molar-refractivity contribution in [3.63, 3.8) is 0 Å². The van der Waals surface area contributed by atoms with Crippen molar-refractivity contribution in [1.82, 2.24) is 9.62 Å². The van der Waals surface area contributed by atoms with Crippen molar-refractivity contribution in [3.05, 3.63) is 34.5 Å². The number of hydrogen-bond acceptors (Lipinski definition) is 10. The lowest BCUT2D eigenvalue weighted by Gasteiger charge is -2.27. The molecule has 0 bridgehead atoms. The van der Waals surface area contributed by atoms with Gasteiger partial charge in [-0.15, -0.1) is 0 Å². The fraction of sp³-hybridized carbons (Fsp3) is 0.375. The molecule has 0 saturated carbocycles. The number of ether oxygens (including phenoxy) is 5. The molecule has 1 fully saturated rings. The lowest BCUT2D eigenvalue weighted by molar-refractivity contribution is 0.307. The van der Waals surface area contributed by atoms with Gasteiger partial charge in [0.1, 0.15) is 21.8 Å². The number of hydrogen-bond donors (Lipinski definition) is 1. The van der Waals surface area contributed by atoms with Crippen LogP contribution in [0.5, 0.6) is 28.7 Å². The van der Waals surface area contributed by atoms with Crippen LogP contribution in [0.3, 0.4) is 0 Å². The van der Waals surface area contributed by atoms with Gasteiger partial charge >= 0.3 is 0 Å². The molecule has 1 aliphatic heterocycles. The van der Waals surface area contributed by atoms with Crippen LogP contribution in [0.1, 0.15) is 0 Å². The Morgan fingerprint density at radius 1 is 0.833 bits per heavy atom. The maximum atomic E-state index is 13.4. The number of sulfonamides is 1. The molecule has 0 atom stereocenters. The Balaban J connectivity index is 1.96. The summed E-state index contributed by atoms with van der Waals surface area (Å²) in [5.74, 6) is 0.929. The molecule has 1 N–H and O–H groups in total. The van der Waals surface area contributed by atoms with Crippen molar-refractivity contribution in [2.75, 3.05) is 61.7 Å². The molecule has 0 aliphatic carbocycles. The van der Waals surface area contributed by atoms with Crippen LogP contribution < -0.4 is 34.4 Å². The van der Waals surface area contributed by atoms with E-state index in [1.165, 1.54) is 58.1 Å². The quantitative estimate of drug-likeness (QED) is 0.472. The number of methoxy groups -OCH3 is 5. The van der Waals surface area contributed by atoms with Crippen LogP contribution in [0, 0.1) is 0 Å². The van der Waals surface area contributed by atoms with E-state index in [9.17, 15) is 13.2 Å². The molecule has 1 aromatic heterocycles. The van der Waals surface area contributed by atoms with Crippen molar-refractivity contribution in [2.24, 2.45) is 0 Å². The first-order valence-electron chi connectivity index (χ1n) is 11.0. The normalized spacial score (nSPS) is 14.5. The number of fused-ring (bicyclic) bond motifs is 1. The Labute approximate surface area is 208 Å². The molecule has 2 heterocycles. The van der Waals surface area contributed by atoms with Gasteiger partial charge in [0, 0.05) is 37.8 Å². The molecule has 194 valence electrons. The SMILES string of the molecule is COc1ccc(-c2cc(=O)c3c(OC)c(OC)c(OC)c(OC)c3o2)cc1S(=O)(=O)N1CCNCC1. The minimum atomic E-state index is -3.86. The summed E-state index contributed by atoms with van der Waals surface area (Å²) >= 11 is 0. The highest BCUT2D eigenvalue weighted by Gasteiger charge is 2.31. The van der Waals surface area contributed by atoms with E-state index in [0.29, 0.717) is 31.7 Å². The summed E-state index contributed by atoms with van der Waals surface area (Å²) in [5.41, 5.74) is -0.0131. The fourth-order valence-electron chi connectivity index (χ4n) is 4.24. The summed E-state index contributed by atoms with van der Waals surface area (Å²) in [5, 5.41) is 3.23. The van der Waals surface area contributed by atoms with Crippen LogP contribution >= 0.6 is 0 Å². The van der Waals surface area contributed by atoms with Crippen LogP contribution in [-0.2, 0) is 10.0 Å². The first-order valence-corrected chi connectivity index (χ1v) is 12.5. The zero-order valence-electron chi connectivity index (χ0n) is 20.7. The summed E-state index contributed by atoms with van der Waals surface area (Å²) in [7, 11) is 3.18. The second kappa shape index (κ2) is 10.2. The van der Waals surface area contributed by atoms with E-state index in [-0.39, 0.29) is 50.4 Å². The van der Waals surface area contributed by atoms with Gasteiger partial charge < -0.3 is 33.4 Å². The highest BCUT2D eigenvalue weighted by Crippen LogP contribution is 2.50. The number of nitrogens with zero attached hydrogens (tertiary/aromatic N) is 1. The molecular formula is C24H28N2O9S. The van der Waals surface area contributed by atoms with Crippen molar-refractivity contribution >= 4 is 21.0 Å². The van der Waals surface area contributed by atoms with E-state index in [4.69, 9.17) is 28.1 Å². The summed E-state index contributed by atoms with van der Waals surface area (Å²) in [4.78, 5) is 13.3.